The van der Waals surface area contributed by atoms with Crippen LogP contribution in [0, 0.1) is 5.82 Å². The first-order valence-corrected chi connectivity index (χ1v) is 10.6. The maximum absolute atomic E-state index is 13.2. The number of nitrogens with zero attached hydrogens (tertiary/aromatic N) is 2. The molecule has 6 nitrogen and oxygen atoms in total. The van der Waals surface area contributed by atoms with Crippen molar-refractivity contribution >= 4 is 52.4 Å². The van der Waals surface area contributed by atoms with E-state index in [-0.39, 0.29) is 17.6 Å². The Morgan fingerprint density at radius 1 is 1.31 bits per heavy atom. The number of halogens is 1. The molecule has 0 unspecified atom stereocenters. The molecular formula is C16H19FN4O2S3. The van der Waals surface area contributed by atoms with E-state index < -0.39 is 11.1 Å². The molecule has 0 aliphatic heterocycles. The van der Waals surface area contributed by atoms with Crippen molar-refractivity contribution in [3.05, 3.63) is 30.1 Å². The van der Waals surface area contributed by atoms with E-state index in [9.17, 15) is 14.0 Å². The molecule has 0 aliphatic carbocycles. The van der Waals surface area contributed by atoms with Gasteiger partial charge in [-0.3, -0.25) is 9.59 Å². The van der Waals surface area contributed by atoms with Gasteiger partial charge in [0, 0.05) is 12.2 Å². The van der Waals surface area contributed by atoms with Gasteiger partial charge in [0.1, 0.15) is 5.82 Å². The predicted molar refractivity (Wildman–Crippen MR) is 104 cm³/mol. The lowest BCUT2D eigenvalue weighted by Crippen LogP contribution is -2.25. The van der Waals surface area contributed by atoms with E-state index in [4.69, 9.17) is 0 Å². The maximum atomic E-state index is 13.2. The lowest BCUT2D eigenvalue weighted by atomic mass is 10.3. The van der Waals surface area contributed by atoms with Gasteiger partial charge in [-0.05, 0) is 31.5 Å². The molecule has 1 aromatic carbocycles. The van der Waals surface area contributed by atoms with Crippen molar-refractivity contribution in [2.24, 2.45) is 0 Å². The van der Waals surface area contributed by atoms with Gasteiger partial charge in [0.2, 0.25) is 11.8 Å². The Balaban J connectivity index is 1.81. The first-order chi connectivity index (χ1) is 12.5. The minimum absolute atomic E-state index is 0.0379. The van der Waals surface area contributed by atoms with E-state index in [1.807, 2.05) is 6.92 Å². The molecule has 2 amide bonds. The number of hydrogen-bond donors (Lipinski definition) is 2. The highest BCUT2D eigenvalue weighted by molar-refractivity contribution is 8.04. The van der Waals surface area contributed by atoms with Gasteiger partial charge in [-0.15, -0.1) is 10.2 Å². The Morgan fingerprint density at radius 2 is 2.08 bits per heavy atom. The summed E-state index contributed by atoms with van der Waals surface area (Å²) in [6.07, 6.45) is 0.894. The molecule has 140 valence electrons. The Morgan fingerprint density at radius 3 is 2.81 bits per heavy atom. The Labute approximate surface area is 163 Å². The molecule has 0 aliphatic rings. The summed E-state index contributed by atoms with van der Waals surface area (Å²) in [5.74, 6) is -0.403. The second-order valence-corrected chi connectivity index (χ2v) is 9.02. The van der Waals surface area contributed by atoms with Gasteiger partial charge in [-0.1, -0.05) is 47.9 Å². The van der Waals surface area contributed by atoms with Crippen molar-refractivity contribution in [3.8, 4) is 0 Å². The van der Waals surface area contributed by atoms with Crippen molar-refractivity contribution < 1.29 is 14.0 Å². The standard InChI is InChI=1S/C16H19FN4O2S3/c1-3-7-18-13(22)9-24-15-20-21-16(26-15)25-10(2)14(23)19-12-6-4-5-11(17)8-12/h4-6,8,10H,3,7,9H2,1-2H3,(H,18,22)(H,19,23)/t10-/m1/s1. The number of anilines is 1. The minimum Gasteiger partial charge on any atom is -0.355 e. The molecule has 2 N–H and O–H groups in total. The number of carbonyl (C=O) groups excluding carboxylic acids is 2. The van der Waals surface area contributed by atoms with E-state index in [0.29, 0.717) is 20.9 Å². The number of thioether (sulfide) groups is 2. The van der Waals surface area contributed by atoms with Crippen LogP contribution in [0.1, 0.15) is 20.3 Å². The van der Waals surface area contributed by atoms with Crippen molar-refractivity contribution in [1.82, 2.24) is 15.5 Å². The lowest BCUT2D eigenvalue weighted by molar-refractivity contribution is -0.118. The number of aromatic nitrogens is 2. The number of hydrogen-bond acceptors (Lipinski definition) is 7. The van der Waals surface area contributed by atoms with Crippen molar-refractivity contribution in [2.75, 3.05) is 17.6 Å². The summed E-state index contributed by atoms with van der Waals surface area (Å²) in [4.78, 5) is 23.8. The molecular weight excluding hydrogens is 395 g/mol. The first kappa shape index (κ1) is 20.7. The van der Waals surface area contributed by atoms with Crippen LogP contribution in [-0.4, -0.2) is 39.6 Å². The van der Waals surface area contributed by atoms with Crippen LogP contribution in [-0.2, 0) is 9.59 Å². The van der Waals surface area contributed by atoms with Gasteiger partial charge < -0.3 is 10.6 Å². The monoisotopic (exact) mass is 414 g/mol. The third-order valence-corrected chi connectivity index (χ3v) is 6.27. The Hall–Kier alpha value is -1.65. The van der Waals surface area contributed by atoms with Crippen molar-refractivity contribution in [2.45, 2.75) is 34.2 Å². The second-order valence-electron chi connectivity index (χ2n) is 5.23. The highest BCUT2D eigenvalue weighted by Crippen LogP contribution is 2.31. The number of benzene rings is 1. The maximum Gasteiger partial charge on any atom is 0.237 e. The van der Waals surface area contributed by atoms with Crippen LogP contribution >= 0.6 is 34.9 Å². The van der Waals surface area contributed by atoms with Gasteiger partial charge in [0.25, 0.3) is 0 Å². The molecule has 26 heavy (non-hydrogen) atoms. The SMILES string of the molecule is CCCNC(=O)CSc1nnc(S[C@H](C)C(=O)Nc2cccc(F)c2)s1. The summed E-state index contributed by atoms with van der Waals surface area (Å²) in [5.41, 5.74) is 0.411. The van der Waals surface area contributed by atoms with E-state index >= 15 is 0 Å². The van der Waals surface area contributed by atoms with Crippen molar-refractivity contribution in [3.63, 3.8) is 0 Å². The Kier molecular flexibility index (Phi) is 8.33. The zero-order chi connectivity index (χ0) is 18.9. The fourth-order valence-electron chi connectivity index (χ4n) is 1.76. The summed E-state index contributed by atoms with van der Waals surface area (Å²) in [6, 6.07) is 5.74. The second kappa shape index (κ2) is 10.5. The molecule has 2 rings (SSSR count). The molecule has 0 bridgehead atoms. The zero-order valence-corrected chi connectivity index (χ0v) is 16.8. The minimum atomic E-state index is -0.420. The Bertz CT molecular complexity index is 757. The normalized spacial score (nSPS) is 11.8. The number of rotatable bonds is 9. The van der Waals surface area contributed by atoms with E-state index in [1.165, 1.54) is 53.1 Å². The van der Waals surface area contributed by atoms with Crippen molar-refractivity contribution in [1.29, 1.82) is 0 Å². The number of carbonyl (C=O) groups is 2. The third kappa shape index (κ3) is 6.93. The highest BCUT2D eigenvalue weighted by Gasteiger charge is 2.18. The molecule has 1 aromatic heterocycles. The fourth-order valence-corrected chi connectivity index (χ4v) is 4.75. The van der Waals surface area contributed by atoms with Gasteiger partial charge in [-0.2, -0.15) is 0 Å². The molecule has 0 radical (unpaired) electrons. The van der Waals surface area contributed by atoms with Crippen LogP contribution in [0.5, 0.6) is 0 Å². The fraction of sp³-hybridized carbons (Fsp3) is 0.375. The average Bonchev–Trinajstić information content (AvgIpc) is 3.05. The van der Waals surface area contributed by atoms with Crippen LogP contribution in [0.15, 0.2) is 32.9 Å². The third-order valence-electron chi connectivity index (χ3n) is 3.03. The molecule has 1 heterocycles. The number of amides is 2. The van der Waals surface area contributed by atoms with Crippen LogP contribution in [0.3, 0.4) is 0 Å². The summed E-state index contributed by atoms with van der Waals surface area (Å²) in [7, 11) is 0. The van der Waals surface area contributed by atoms with Gasteiger partial charge in [-0.25, -0.2) is 4.39 Å². The largest absolute Gasteiger partial charge is 0.355 e. The van der Waals surface area contributed by atoms with Gasteiger partial charge in [0.15, 0.2) is 8.68 Å². The topological polar surface area (TPSA) is 84.0 Å². The lowest BCUT2D eigenvalue weighted by Gasteiger charge is -2.10. The smallest absolute Gasteiger partial charge is 0.237 e. The summed E-state index contributed by atoms with van der Waals surface area (Å²) in [6.45, 7) is 4.40. The molecule has 0 spiro atoms. The molecule has 0 fully saturated rings. The molecule has 0 saturated heterocycles. The van der Waals surface area contributed by atoms with E-state index in [1.54, 1.807) is 13.0 Å². The molecule has 1 atom stereocenters. The first-order valence-electron chi connectivity index (χ1n) is 7.94. The molecule has 2 aromatic rings. The molecule has 10 heteroatoms. The van der Waals surface area contributed by atoms with E-state index in [0.717, 1.165) is 6.42 Å². The van der Waals surface area contributed by atoms with Crippen LogP contribution in [0.25, 0.3) is 0 Å². The summed E-state index contributed by atoms with van der Waals surface area (Å²) < 4.78 is 14.5. The molecule has 0 saturated carbocycles. The van der Waals surface area contributed by atoms with Crippen LogP contribution in [0.2, 0.25) is 0 Å². The number of nitrogens with one attached hydrogen (secondary N) is 2. The van der Waals surface area contributed by atoms with E-state index in [2.05, 4.69) is 20.8 Å². The van der Waals surface area contributed by atoms with Gasteiger partial charge in [0.05, 0.1) is 11.0 Å². The quantitative estimate of drug-likeness (QED) is 0.612. The average molecular weight is 415 g/mol. The highest BCUT2D eigenvalue weighted by atomic mass is 32.2. The van der Waals surface area contributed by atoms with Crippen LogP contribution < -0.4 is 10.6 Å². The summed E-state index contributed by atoms with van der Waals surface area (Å²) in [5, 5.41) is 13.1. The zero-order valence-electron chi connectivity index (χ0n) is 14.3. The predicted octanol–water partition coefficient (Wildman–Crippen LogP) is 3.41. The van der Waals surface area contributed by atoms with Crippen LogP contribution in [0.4, 0.5) is 10.1 Å². The van der Waals surface area contributed by atoms with Gasteiger partial charge >= 0.3 is 0 Å². The summed E-state index contributed by atoms with van der Waals surface area (Å²) >= 11 is 3.92.